The maximum Gasteiger partial charge on any atom is 0.341 e. The number of nitrogens with two attached hydrogens (primary N) is 1. The van der Waals surface area contributed by atoms with Crippen molar-refractivity contribution in [2.45, 2.75) is 44.7 Å². The molecular formula is C20H24ClN3O4. The Hall–Kier alpha value is -2.25. The number of benzene rings is 1. The van der Waals surface area contributed by atoms with E-state index in [2.05, 4.69) is 11.8 Å². The minimum Gasteiger partial charge on any atom is -0.506 e. The zero-order chi connectivity index (χ0) is 20.2. The number of pyridine rings is 1. The van der Waals surface area contributed by atoms with Crippen molar-refractivity contribution < 1.29 is 15.0 Å². The number of halogens is 1. The fraction of sp³-hybridized carbons (Fsp3) is 0.500. The molecule has 28 heavy (non-hydrogen) atoms. The average Bonchev–Trinajstić information content (AvgIpc) is 3.39. The van der Waals surface area contributed by atoms with E-state index in [0.29, 0.717) is 22.8 Å². The Morgan fingerprint density at radius 1 is 1.39 bits per heavy atom. The highest BCUT2D eigenvalue weighted by atomic mass is 35.5. The normalized spacial score (nSPS) is 20.7. The van der Waals surface area contributed by atoms with E-state index >= 15 is 0 Å². The summed E-state index contributed by atoms with van der Waals surface area (Å²) in [5.41, 5.74) is 5.94. The molecule has 2 heterocycles. The van der Waals surface area contributed by atoms with Crippen molar-refractivity contribution >= 4 is 34.2 Å². The fourth-order valence-electron chi connectivity index (χ4n) is 4.33. The third-order valence-corrected chi connectivity index (χ3v) is 6.35. The Kier molecular flexibility index (Phi) is 4.75. The lowest BCUT2D eigenvalue weighted by molar-refractivity contribution is 0.0695. The summed E-state index contributed by atoms with van der Waals surface area (Å²) in [5, 5.41) is 20.6. The highest BCUT2D eigenvalue weighted by Crippen LogP contribution is 2.46. The van der Waals surface area contributed by atoms with Gasteiger partial charge in [0.15, 0.2) is 0 Å². The van der Waals surface area contributed by atoms with E-state index in [9.17, 15) is 19.8 Å². The molecule has 2 unspecified atom stereocenters. The summed E-state index contributed by atoms with van der Waals surface area (Å²) in [4.78, 5) is 26.3. The van der Waals surface area contributed by atoms with Crippen LogP contribution in [-0.2, 0) is 0 Å². The average molecular weight is 406 g/mol. The number of phenolic OH excluding ortho intramolecular Hbond substituents is 1. The van der Waals surface area contributed by atoms with Crippen molar-refractivity contribution in [3.8, 4) is 5.75 Å². The van der Waals surface area contributed by atoms with Gasteiger partial charge in [0.2, 0.25) is 5.43 Å². The Labute approximate surface area is 167 Å². The molecule has 0 bridgehead atoms. The molecule has 0 spiro atoms. The van der Waals surface area contributed by atoms with Gasteiger partial charge in [-0.1, -0.05) is 18.5 Å². The van der Waals surface area contributed by atoms with Gasteiger partial charge in [-0.3, -0.25) is 4.79 Å². The SMILES string of the molecule is CC(CN)C1CCCN1c1c(O)cc2c(=O)c(C(=O)O)cn(C3CC3)c2c1Cl. The van der Waals surface area contributed by atoms with Gasteiger partial charge in [-0.2, -0.15) is 0 Å². The molecule has 7 nitrogen and oxygen atoms in total. The molecule has 1 aliphatic heterocycles. The van der Waals surface area contributed by atoms with E-state index < -0.39 is 11.4 Å². The Bertz CT molecular complexity index is 1010. The maximum absolute atomic E-state index is 12.7. The molecule has 8 heteroatoms. The van der Waals surface area contributed by atoms with Gasteiger partial charge in [-0.05, 0) is 44.2 Å². The molecule has 2 atom stereocenters. The van der Waals surface area contributed by atoms with E-state index in [1.807, 2.05) is 0 Å². The summed E-state index contributed by atoms with van der Waals surface area (Å²) in [7, 11) is 0. The quantitative estimate of drug-likeness (QED) is 0.705. The lowest BCUT2D eigenvalue weighted by atomic mass is 9.99. The van der Waals surface area contributed by atoms with Crippen LogP contribution in [0.3, 0.4) is 0 Å². The van der Waals surface area contributed by atoms with Gasteiger partial charge in [-0.25, -0.2) is 4.79 Å². The van der Waals surface area contributed by atoms with E-state index in [4.69, 9.17) is 17.3 Å². The summed E-state index contributed by atoms with van der Waals surface area (Å²) in [6.45, 7) is 3.35. The standard InChI is InChI=1S/C20H24ClN3O4/c1-10(8-22)14-3-2-6-23(14)18-15(25)7-12-17(16(18)21)24(11-4-5-11)9-13(19(12)26)20(27)28/h7,9-11,14,25H,2-6,8,22H2,1H3,(H,27,28). The van der Waals surface area contributed by atoms with Crippen molar-refractivity contribution in [2.75, 3.05) is 18.0 Å². The predicted molar refractivity (Wildman–Crippen MR) is 109 cm³/mol. The number of aromatic carboxylic acids is 1. The van der Waals surface area contributed by atoms with Gasteiger partial charge in [-0.15, -0.1) is 0 Å². The number of fused-ring (bicyclic) bond motifs is 1. The van der Waals surface area contributed by atoms with Crippen molar-refractivity contribution in [1.29, 1.82) is 0 Å². The van der Waals surface area contributed by atoms with Gasteiger partial charge >= 0.3 is 5.97 Å². The van der Waals surface area contributed by atoms with Crippen LogP contribution >= 0.6 is 11.6 Å². The third kappa shape index (κ3) is 2.93. The Balaban J connectivity index is 1.98. The first-order chi connectivity index (χ1) is 13.3. The van der Waals surface area contributed by atoms with Crippen LogP contribution in [0.5, 0.6) is 5.75 Å². The van der Waals surface area contributed by atoms with Crippen LogP contribution in [0.15, 0.2) is 17.1 Å². The monoisotopic (exact) mass is 405 g/mol. The third-order valence-electron chi connectivity index (χ3n) is 6.00. The first-order valence-electron chi connectivity index (χ1n) is 9.65. The number of phenols is 1. The molecule has 0 radical (unpaired) electrons. The van der Waals surface area contributed by atoms with Crippen LogP contribution in [0, 0.1) is 5.92 Å². The van der Waals surface area contributed by atoms with Crippen LogP contribution in [-0.4, -0.2) is 39.9 Å². The van der Waals surface area contributed by atoms with Crippen molar-refractivity contribution in [1.82, 2.24) is 4.57 Å². The summed E-state index contributed by atoms with van der Waals surface area (Å²) >= 11 is 6.78. The number of carboxylic acids is 1. The lowest BCUT2D eigenvalue weighted by Crippen LogP contribution is -2.38. The van der Waals surface area contributed by atoms with E-state index in [-0.39, 0.29) is 34.7 Å². The van der Waals surface area contributed by atoms with Crippen molar-refractivity contribution in [3.63, 3.8) is 0 Å². The highest BCUT2D eigenvalue weighted by Gasteiger charge is 2.34. The van der Waals surface area contributed by atoms with Crippen LogP contribution in [0.4, 0.5) is 5.69 Å². The number of carboxylic acid groups (broad SMARTS) is 1. The first-order valence-corrected chi connectivity index (χ1v) is 10.0. The fourth-order valence-corrected chi connectivity index (χ4v) is 4.74. The zero-order valence-corrected chi connectivity index (χ0v) is 16.4. The molecular weight excluding hydrogens is 382 g/mol. The molecule has 1 saturated carbocycles. The largest absolute Gasteiger partial charge is 0.506 e. The summed E-state index contributed by atoms with van der Waals surface area (Å²) < 4.78 is 1.79. The minimum absolute atomic E-state index is 0.101. The van der Waals surface area contributed by atoms with Gasteiger partial charge in [0.1, 0.15) is 17.0 Å². The molecule has 150 valence electrons. The number of rotatable bonds is 5. The number of nitrogens with zero attached hydrogens (tertiary/aromatic N) is 2. The number of hydrogen-bond acceptors (Lipinski definition) is 5. The molecule has 1 aromatic carbocycles. The first kappa shape index (κ1) is 19.1. The lowest BCUT2D eigenvalue weighted by Gasteiger charge is -2.32. The van der Waals surface area contributed by atoms with Crippen LogP contribution in [0.2, 0.25) is 5.02 Å². The van der Waals surface area contributed by atoms with Gasteiger partial charge in [0, 0.05) is 24.8 Å². The van der Waals surface area contributed by atoms with Gasteiger partial charge < -0.3 is 25.4 Å². The van der Waals surface area contributed by atoms with Crippen LogP contribution in [0.1, 0.15) is 49.0 Å². The molecule has 1 aromatic heterocycles. The number of aromatic nitrogens is 1. The molecule has 4 rings (SSSR count). The second kappa shape index (κ2) is 6.97. The molecule has 1 aliphatic carbocycles. The number of anilines is 1. The van der Waals surface area contributed by atoms with E-state index in [1.165, 1.54) is 12.3 Å². The number of aromatic hydroxyl groups is 1. The molecule has 2 aromatic rings. The van der Waals surface area contributed by atoms with Gasteiger partial charge in [0.25, 0.3) is 0 Å². The van der Waals surface area contributed by atoms with Crippen LogP contribution in [0.25, 0.3) is 10.9 Å². The van der Waals surface area contributed by atoms with E-state index in [1.54, 1.807) is 4.57 Å². The summed E-state index contributed by atoms with van der Waals surface area (Å²) in [5.74, 6) is -1.15. The van der Waals surface area contributed by atoms with Crippen molar-refractivity contribution in [2.24, 2.45) is 11.7 Å². The number of carbonyl (C=O) groups is 1. The summed E-state index contributed by atoms with van der Waals surface area (Å²) in [6, 6.07) is 1.64. The predicted octanol–water partition coefficient (Wildman–Crippen LogP) is 2.96. The highest BCUT2D eigenvalue weighted by molar-refractivity contribution is 6.38. The smallest absolute Gasteiger partial charge is 0.341 e. The number of hydrogen-bond donors (Lipinski definition) is 3. The maximum atomic E-state index is 12.7. The second-order valence-corrected chi connectivity index (χ2v) is 8.26. The second-order valence-electron chi connectivity index (χ2n) is 7.89. The van der Waals surface area contributed by atoms with E-state index in [0.717, 1.165) is 32.2 Å². The Morgan fingerprint density at radius 3 is 2.71 bits per heavy atom. The topological polar surface area (TPSA) is 109 Å². The minimum atomic E-state index is -1.28. The zero-order valence-electron chi connectivity index (χ0n) is 15.7. The molecule has 4 N–H and O–H groups in total. The molecule has 2 aliphatic rings. The van der Waals surface area contributed by atoms with Crippen LogP contribution < -0.4 is 16.1 Å². The Morgan fingerprint density at radius 2 is 2.11 bits per heavy atom. The molecule has 2 fully saturated rings. The molecule has 0 amide bonds. The van der Waals surface area contributed by atoms with Crippen molar-refractivity contribution in [3.05, 3.63) is 33.1 Å². The summed E-state index contributed by atoms with van der Waals surface area (Å²) in [6.07, 6.45) is 5.12. The van der Waals surface area contributed by atoms with Gasteiger partial charge in [0.05, 0.1) is 15.9 Å². The molecule has 1 saturated heterocycles.